The normalized spacial score (nSPS) is 21.8. The molecule has 2 heteroatoms. The molecule has 3 rings (SSSR count). The van der Waals surface area contributed by atoms with Gasteiger partial charge in [-0.3, -0.25) is 0 Å². The van der Waals surface area contributed by atoms with Gasteiger partial charge < -0.3 is 10.0 Å². The van der Waals surface area contributed by atoms with Gasteiger partial charge in [-0.05, 0) is 36.8 Å². The van der Waals surface area contributed by atoms with E-state index in [1.54, 1.807) is 0 Å². The highest BCUT2D eigenvalue weighted by atomic mass is 16.3. The Hall–Kier alpha value is -1.02. The highest BCUT2D eigenvalue weighted by Crippen LogP contribution is 2.41. The van der Waals surface area contributed by atoms with Gasteiger partial charge in [0.15, 0.2) is 0 Å². The maximum absolute atomic E-state index is 10.1. The summed E-state index contributed by atoms with van der Waals surface area (Å²) in [5, 5.41) is 10.1. The van der Waals surface area contributed by atoms with E-state index in [0.717, 1.165) is 25.8 Å². The zero-order chi connectivity index (χ0) is 11.2. The monoisotopic (exact) mass is 217 g/mol. The molecule has 0 amide bonds. The van der Waals surface area contributed by atoms with Gasteiger partial charge in [-0.15, -0.1) is 0 Å². The summed E-state index contributed by atoms with van der Waals surface area (Å²) in [5.41, 5.74) is 3.79. The second-order valence-corrected chi connectivity index (χ2v) is 5.35. The van der Waals surface area contributed by atoms with Crippen molar-refractivity contribution in [3.63, 3.8) is 0 Å². The fourth-order valence-corrected chi connectivity index (χ4v) is 2.77. The Bertz CT molecular complexity index is 409. The van der Waals surface area contributed by atoms with E-state index in [-0.39, 0.29) is 5.60 Å². The summed E-state index contributed by atoms with van der Waals surface area (Å²) in [6, 6.07) is 6.54. The number of hydrogen-bond donors (Lipinski definition) is 1. The summed E-state index contributed by atoms with van der Waals surface area (Å²) in [6.45, 7) is 1.14. The fourth-order valence-electron chi connectivity index (χ4n) is 2.77. The second-order valence-electron chi connectivity index (χ2n) is 5.35. The molecule has 0 spiro atoms. The van der Waals surface area contributed by atoms with Crippen LogP contribution in [0.3, 0.4) is 0 Å². The van der Waals surface area contributed by atoms with Crippen LogP contribution in [0.1, 0.15) is 30.4 Å². The van der Waals surface area contributed by atoms with E-state index < -0.39 is 0 Å². The zero-order valence-corrected chi connectivity index (χ0v) is 9.87. The number of aryl methyl sites for hydroxylation is 1. The number of benzene rings is 1. The number of rotatable bonds is 2. The lowest BCUT2D eigenvalue weighted by Gasteiger charge is -2.30. The van der Waals surface area contributed by atoms with Crippen molar-refractivity contribution in [1.82, 2.24) is 0 Å². The Morgan fingerprint density at radius 2 is 2.19 bits per heavy atom. The van der Waals surface area contributed by atoms with E-state index in [1.807, 2.05) is 0 Å². The molecule has 1 aromatic rings. The predicted molar refractivity (Wildman–Crippen MR) is 65.9 cm³/mol. The highest BCUT2D eigenvalue weighted by molar-refractivity contribution is 5.61. The topological polar surface area (TPSA) is 23.5 Å². The molecular formula is C14H19NO. The first-order valence-electron chi connectivity index (χ1n) is 6.22. The van der Waals surface area contributed by atoms with Crippen LogP contribution in [0.15, 0.2) is 18.2 Å². The molecule has 1 fully saturated rings. The minimum absolute atomic E-state index is 0.382. The number of anilines is 1. The van der Waals surface area contributed by atoms with E-state index in [0.29, 0.717) is 0 Å². The number of aliphatic hydroxyl groups is 1. The van der Waals surface area contributed by atoms with Crippen LogP contribution in [0, 0.1) is 0 Å². The largest absolute Gasteiger partial charge is 0.390 e. The molecule has 2 nitrogen and oxygen atoms in total. The number of nitrogens with zero attached hydrogens (tertiary/aromatic N) is 1. The minimum Gasteiger partial charge on any atom is -0.390 e. The van der Waals surface area contributed by atoms with Crippen molar-refractivity contribution >= 4 is 5.69 Å². The van der Waals surface area contributed by atoms with E-state index in [4.69, 9.17) is 0 Å². The smallest absolute Gasteiger partial charge is 0.0690 e. The third-order valence-corrected chi connectivity index (χ3v) is 3.87. The molecule has 1 N–H and O–H groups in total. The summed E-state index contributed by atoms with van der Waals surface area (Å²) in [7, 11) is 2.17. The van der Waals surface area contributed by atoms with Gasteiger partial charge in [0.2, 0.25) is 0 Å². The third kappa shape index (κ3) is 1.71. The second kappa shape index (κ2) is 3.49. The summed E-state index contributed by atoms with van der Waals surface area (Å²) < 4.78 is 0. The van der Waals surface area contributed by atoms with Gasteiger partial charge in [0, 0.05) is 25.7 Å². The lowest BCUT2D eigenvalue weighted by molar-refractivity contribution is 0.151. The van der Waals surface area contributed by atoms with E-state index in [9.17, 15) is 5.11 Å². The standard InChI is InChI=1S/C14H19NO/c1-15-9-3-6-11-4-2-5-12(13(11)15)10-14(16)7-8-14/h2,4-5,16H,3,6-10H2,1H3. The molecule has 0 bridgehead atoms. The van der Waals surface area contributed by atoms with Crippen molar-refractivity contribution < 1.29 is 5.11 Å². The fraction of sp³-hybridized carbons (Fsp3) is 0.571. The first-order chi connectivity index (χ1) is 7.68. The van der Waals surface area contributed by atoms with Crippen LogP contribution in [-0.4, -0.2) is 24.3 Å². The third-order valence-electron chi connectivity index (χ3n) is 3.87. The predicted octanol–water partition coefficient (Wildman–Crippen LogP) is 2.14. The lowest BCUT2D eigenvalue weighted by atomic mass is 9.95. The molecule has 16 heavy (non-hydrogen) atoms. The maximum atomic E-state index is 10.1. The minimum atomic E-state index is -0.382. The van der Waals surface area contributed by atoms with E-state index in [1.165, 1.54) is 29.7 Å². The Balaban J connectivity index is 1.97. The molecule has 0 radical (unpaired) electrons. The molecule has 1 aromatic carbocycles. The molecule has 0 atom stereocenters. The SMILES string of the molecule is CN1CCCc2cccc(CC3(O)CC3)c21. The molecule has 0 saturated heterocycles. The Morgan fingerprint density at radius 3 is 2.94 bits per heavy atom. The van der Waals surface area contributed by atoms with Crippen molar-refractivity contribution in [2.75, 3.05) is 18.5 Å². The van der Waals surface area contributed by atoms with Crippen molar-refractivity contribution in [3.8, 4) is 0 Å². The lowest BCUT2D eigenvalue weighted by Crippen LogP contribution is -2.27. The van der Waals surface area contributed by atoms with Crippen molar-refractivity contribution in [2.24, 2.45) is 0 Å². The van der Waals surface area contributed by atoms with Gasteiger partial charge in [0.05, 0.1) is 5.60 Å². The van der Waals surface area contributed by atoms with Crippen LogP contribution in [0.5, 0.6) is 0 Å². The molecule has 1 saturated carbocycles. The summed E-state index contributed by atoms with van der Waals surface area (Å²) in [5.74, 6) is 0. The average Bonchev–Trinajstić information content (AvgIpc) is 2.96. The van der Waals surface area contributed by atoms with Crippen LogP contribution in [0.2, 0.25) is 0 Å². The summed E-state index contributed by atoms with van der Waals surface area (Å²) in [6.07, 6.45) is 5.21. The Labute approximate surface area is 96.9 Å². The highest BCUT2D eigenvalue weighted by Gasteiger charge is 2.41. The molecule has 1 aliphatic carbocycles. The van der Waals surface area contributed by atoms with E-state index in [2.05, 4.69) is 30.1 Å². The Kier molecular flexibility index (Phi) is 2.21. The van der Waals surface area contributed by atoms with Crippen LogP contribution >= 0.6 is 0 Å². The van der Waals surface area contributed by atoms with Gasteiger partial charge in [-0.25, -0.2) is 0 Å². The van der Waals surface area contributed by atoms with Gasteiger partial charge in [0.25, 0.3) is 0 Å². The number of fused-ring (bicyclic) bond motifs is 1. The van der Waals surface area contributed by atoms with Crippen LogP contribution in [0.4, 0.5) is 5.69 Å². The van der Waals surface area contributed by atoms with Gasteiger partial charge in [0.1, 0.15) is 0 Å². The summed E-state index contributed by atoms with van der Waals surface area (Å²) in [4.78, 5) is 2.35. The molecule has 0 unspecified atom stereocenters. The van der Waals surface area contributed by atoms with Crippen molar-refractivity contribution in [1.29, 1.82) is 0 Å². The molecule has 1 heterocycles. The Morgan fingerprint density at radius 1 is 1.38 bits per heavy atom. The average molecular weight is 217 g/mol. The first-order valence-corrected chi connectivity index (χ1v) is 6.22. The molecule has 2 aliphatic rings. The van der Waals surface area contributed by atoms with Gasteiger partial charge >= 0.3 is 0 Å². The van der Waals surface area contributed by atoms with Crippen molar-refractivity contribution in [2.45, 2.75) is 37.7 Å². The zero-order valence-electron chi connectivity index (χ0n) is 9.87. The van der Waals surface area contributed by atoms with Crippen molar-refractivity contribution in [3.05, 3.63) is 29.3 Å². The molecule has 1 aliphatic heterocycles. The molecular weight excluding hydrogens is 198 g/mol. The van der Waals surface area contributed by atoms with E-state index >= 15 is 0 Å². The molecule has 86 valence electrons. The maximum Gasteiger partial charge on any atom is 0.0690 e. The quantitative estimate of drug-likeness (QED) is 0.820. The summed E-state index contributed by atoms with van der Waals surface area (Å²) >= 11 is 0. The van der Waals surface area contributed by atoms with Gasteiger partial charge in [-0.2, -0.15) is 0 Å². The van der Waals surface area contributed by atoms with Crippen LogP contribution in [-0.2, 0) is 12.8 Å². The van der Waals surface area contributed by atoms with Crippen LogP contribution < -0.4 is 4.90 Å². The number of para-hydroxylation sites is 1. The van der Waals surface area contributed by atoms with Crippen LogP contribution in [0.25, 0.3) is 0 Å². The van der Waals surface area contributed by atoms with Gasteiger partial charge in [-0.1, -0.05) is 18.2 Å². The number of hydrogen-bond acceptors (Lipinski definition) is 2. The molecule has 0 aromatic heterocycles. The first kappa shape index (κ1) is 10.2.